The second-order valence-corrected chi connectivity index (χ2v) is 5.65. The second kappa shape index (κ2) is 6.67. The van der Waals surface area contributed by atoms with Crippen LogP contribution in [0.1, 0.15) is 37.0 Å². The summed E-state index contributed by atoms with van der Waals surface area (Å²) in [7, 11) is 0. The largest absolute Gasteiger partial charge is 0.335 e. The van der Waals surface area contributed by atoms with Crippen LogP contribution in [0.5, 0.6) is 0 Å². The molecule has 21 heavy (non-hydrogen) atoms. The molecule has 1 heterocycles. The van der Waals surface area contributed by atoms with E-state index in [2.05, 4.69) is 5.32 Å². The lowest BCUT2D eigenvalue weighted by molar-refractivity contribution is -0.384. The Labute approximate surface area is 124 Å². The molecule has 1 unspecified atom stereocenters. The van der Waals surface area contributed by atoms with E-state index in [9.17, 15) is 14.9 Å². The van der Waals surface area contributed by atoms with Gasteiger partial charge in [-0.3, -0.25) is 14.9 Å². The van der Waals surface area contributed by atoms with Gasteiger partial charge < -0.3 is 10.2 Å². The van der Waals surface area contributed by atoms with Crippen LogP contribution in [0.3, 0.4) is 0 Å². The van der Waals surface area contributed by atoms with Crippen molar-refractivity contribution in [3.63, 3.8) is 0 Å². The lowest BCUT2D eigenvalue weighted by Crippen LogP contribution is -2.44. The molecule has 0 radical (unpaired) electrons. The summed E-state index contributed by atoms with van der Waals surface area (Å²) in [4.78, 5) is 24.6. The van der Waals surface area contributed by atoms with Crippen LogP contribution in [-0.2, 0) is 0 Å². The van der Waals surface area contributed by atoms with E-state index in [1.54, 1.807) is 0 Å². The number of nitrogens with zero attached hydrogens (tertiary/aromatic N) is 2. The van der Waals surface area contributed by atoms with E-state index in [0.717, 1.165) is 19.4 Å². The summed E-state index contributed by atoms with van der Waals surface area (Å²) in [6, 6.07) is 6.24. The predicted octanol–water partition coefficient (Wildman–Crippen LogP) is 2.20. The molecule has 6 heteroatoms. The maximum Gasteiger partial charge on any atom is 0.269 e. The number of nitro groups is 1. The molecule has 2 rings (SSSR count). The highest BCUT2D eigenvalue weighted by molar-refractivity contribution is 5.94. The van der Waals surface area contributed by atoms with Crippen molar-refractivity contribution in [2.45, 2.75) is 38.8 Å². The summed E-state index contributed by atoms with van der Waals surface area (Å²) in [6.45, 7) is 5.65. The number of hydrogen-bond donors (Lipinski definition) is 1. The van der Waals surface area contributed by atoms with Crippen LogP contribution < -0.4 is 5.32 Å². The summed E-state index contributed by atoms with van der Waals surface area (Å²) in [5, 5.41) is 14.0. The van der Waals surface area contributed by atoms with E-state index in [1.165, 1.54) is 24.3 Å². The maximum absolute atomic E-state index is 12.6. The third-order valence-corrected chi connectivity index (χ3v) is 3.79. The average molecular weight is 291 g/mol. The van der Waals surface area contributed by atoms with Crippen LogP contribution in [0, 0.1) is 10.1 Å². The highest BCUT2D eigenvalue weighted by Gasteiger charge is 2.24. The van der Waals surface area contributed by atoms with Gasteiger partial charge in [0.15, 0.2) is 0 Å². The number of nitro benzene ring substituents is 1. The van der Waals surface area contributed by atoms with Crippen molar-refractivity contribution in [2.75, 3.05) is 13.1 Å². The van der Waals surface area contributed by atoms with Crippen molar-refractivity contribution in [1.29, 1.82) is 0 Å². The zero-order valence-electron chi connectivity index (χ0n) is 12.4. The van der Waals surface area contributed by atoms with Crippen LogP contribution in [0.15, 0.2) is 24.3 Å². The third kappa shape index (κ3) is 3.78. The van der Waals surface area contributed by atoms with Crippen molar-refractivity contribution in [2.24, 2.45) is 0 Å². The van der Waals surface area contributed by atoms with E-state index in [0.29, 0.717) is 18.2 Å². The standard InChI is InChI=1S/C15H21N3O3/c1-11(2)17(10-13-4-3-9-16-13)15(19)12-5-7-14(8-6-12)18(20)21/h5-8,11,13,16H,3-4,9-10H2,1-2H3. The number of non-ortho nitro benzene ring substituents is 1. The van der Waals surface area contributed by atoms with E-state index in [4.69, 9.17) is 0 Å². The van der Waals surface area contributed by atoms with Gasteiger partial charge in [-0.1, -0.05) is 0 Å². The van der Waals surface area contributed by atoms with Gasteiger partial charge in [0.25, 0.3) is 11.6 Å². The van der Waals surface area contributed by atoms with Gasteiger partial charge >= 0.3 is 0 Å². The number of carbonyl (C=O) groups is 1. The monoisotopic (exact) mass is 291 g/mol. The smallest absolute Gasteiger partial charge is 0.269 e. The van der Waals surface area contributed by atoms with E-state index in [-0.39, 0.29) is 17.6 Å². The molecule has 0 spiro atoms. The van der Waals surface area contributed by atoms with Gasteiger partial charge in [0, 0.05) is 36.3 Å². The van der Waals surface area contributed by atoms with E-state index < -0.39 is 4.92 Å². The second-order valence-electron chi connectivity index (χ2n) is 5.65. The van der Waals surface area contributed by atoms with Gasteiger partial charge in [-0.25, -0.2) is 0 Å². The molecule has 0 saturated carbocycles. The van der Waals surface area contributed by atoms with Gasteiger partial charge in [0.1, 0.15) is 0 Å². The Kier molecular flexibility index (Phi) is 4.90. The average Bonchev–Trinajstić information content (AvgIpc) is 2.97. The SMILES string of the molecule is CC(C)N(CC1CCCN1)C(=O)c1ccc([N+](=O)[O-])cc1. The molecular formula is C15H21N3O3. The molecule has 114 valence electrons. The first kappa shape index (κ1) is 15.4. The molecule has 1 aliphatic heterocycles. The Morgan fingerprint density at radius 2 is 2.10 bits per heavy atom. The molecule has 1 fully saturated rings. The zero-order valence-corrected chi connectivity index (χ0v) is 12.4. The molecule has 0 aliphatic carbocycles. The van der Waals surface area contributed by atoms with Crippen LogP contribution in [0.2, 0.25) is 0 Å². The van der Waals surface area contributed by atoms with Crippen molar-refractivity contribution in [1.82, 2.24) is 10.2 Å². The Morgan fingerprint density at radius 3 is 2.57 bits per heavy atom. The number of hydrogen-bond acceptors (Lipinski definition) is 4. The van der Waals surface area contributed by atoms with Gasteiger partial charge in [-0.2, -0.15) is 0 Å². The van der Waals surface area contributed by atoms with Crippen molar-refractivity contribution >= 4 is 11.6 Å². The van der Waals surface area contributed by atoms with Gasteiger partial charge in [-0.05, 0) is 45.4 Å². The third-order valence-electron chi connectivity index (χ3n) is 3.79. The van der Waals surface area contributed by atoms with Crippen LogP contribution in [0.4, 0.5) is 5.69 Å². The molecule has 1 aromatic rings. The molecule has 0 aromatic heterocycles. The fourth-order valence-electron chi connectivity index (χ4n) is 2.57. The molecule has 1 amide bonds. The van der Waals surface area contributed by atoms with Crippen molar-refractivity contribution in [3.05, 3.63) is 39.9 Å². The van der Waals surface area contributed by atoms with Gasteiger partial charge in [0.05, 0.1) is 4.92 Å². The first-order valence-electron chi connectivity index (χ1n) is 7.28. The lowest BCUT2D eigenvalue weighted by atomic mass is 10.1. The topological polar surface area (TPSA) is 75.5 Å². The number of benzene rings is 1. The Bertz CT molecular complexity index is 507. The summed E-state index contributed by atoms with van der Waals surface area (Å²) in [6.07, 6.45) is 2.22. The fourth-order valence-corrected chi connectivity index (χ4v) is 2.57. The minimum Gasteiger partial charge on any atom is -0.335 e. The molecule has 6 nitrogen and oxygen atoms in total. The number of carbonyl (C=O) groups excluding carboxylic acids is 1. The quantitative estimate of drug-likeness (QED) is 0.666. The predicted molar refractivity (Wildman–Crippen MR) is 80.3 cm³/mol. The minimum absolute atomic E-state index is 0.0000986. The molecule has 1 saturated heterocycles. The van der Waals surface area contributed by atoms with Gasteiger partial charge in [0.2, 0.25) is 0 Å². The van der Waals surface area contributed by atoms with E-state index >= 15 is 0 Å². The summed E-state index contributed by atoms with van der Waals surface area (Å²) in [5.41, 5.74) is 0.493. The number of nitrogens with one attached hydrogen (secondary N) is 1. The summed E-state index contributed by atoms with van der Waals surface area (Å²) >= 11 is 0. The van der Waals surface area contributed by atoms with Crippen LogP contribution in [0.25, 0.3) is 0 Å². The van der Waals surface area contributed by atoms with Crippen LogP contribution in [-0.4, -0.2) is 40.9 Å². The maximum atomic E-state index is 12.6. The molecule has 0 bridgehead atoms. The fraction of sp³-hybridized carbons (Fsp3) is 0.533. The Balaban J connectivity index is 2.11. The molecule has 1 atom stereocenters. The van der Waals surface area contributed by atoms with E-state index in [1.807, 2.05) is 18.7 Å². The number of amides is 1. The Morgan fingerprint density at radius 1 is 1.43 bits per heavy atom. The van der Waals surface area contributed by atoms with Crippen molar-refractivity contribution in [3.8, 4) is 0 Å². The normalized spacial score (nSPS) is 18.0. The number of rotatable bonds is 5. The van der Waals surface area contributed by atoms with Gasteiger partial charge in [-0.15, -0.1) is 0 Å². The molecule has 1 aromatic carbocycles. The summed E-state index contributed by atoms with van der Waals surface area (Å²) < 4.78 is 0. The highest BCUT2D eigenvalue weighted by atomic mass is 16.6. The lowest BCUT2D eigenvalue weighted by Gasteiger charge is -2.29. The van der Waals surface area contributed by atoms with Crippen molar-refractivity contribution < 1.29 is 9.72 Å². The highest BCUT2D eigenvalue weighted by Crippen LogP contribution is 2.16. The van der Waals surface area contributed by atoms with Crippen LogP contribution >= 0.6 is 0 Å². The first-order valence-corrected chi connectivity index (χ1v) is 7.28. The molecular weight excluding hydrogens is 270 g/mol. The zero-order chi connectivity index (χ0) is 15.4. The Hall–Kier alpha value is -1.95. The minimum atomic E-state index is -0.461. The first-order chi connectivity index (χ1) is 9.99. The summed E-state index contributed by atoms with van der Waals surface area (Å²) in [5.74, 6) is -0.0754. The molecule has 1 aliphatic rings. The molecule has 1 N–H and O–H groups in total.